The van der Waals surface area contributed by atoms with E-state index in [1.807, 2.05) is 0 Å². The molecular formula is C16H21NO5S. The van der Waals surface area contributed by atoms with Crippen molar-refractivity contribution >= 4 is 34.2 Å². The first kappa shape index (κ1) is 17.5. The van der Waals surface area contributed by atoms with Crippen molar-refractivity contribution in [2.45, 2.75) is 45.6 Å². The van der Waals surface area contributed by atoms with Crippen LogP contribution < -0.4 is 5.32 Å². The molecule has 23 heavy (non-hydrogen) atoms. The SMILES string of the molecule is CC(C)OC(=O)c1ccsc1NC(=O)[C@H]1CCCC[C@@H]1C(=O)O. The molecule has 1 heterocycles. The van der Waals surface area contributed by atoms with Crippen LogP contribution in [0.3, 0.4) is 0 Å². The van der Waals surface area contributed by atoms with E-state index in [2.05, 4.69) is 5.32 Å². The molecule has 7 heteroatoms. The Hall–Kier alpha value is -1.89. The van der Waals surface area contributed by atoms with Crippen LogP contribution in [-0.4, -0.2) is 29.1 Å². The van der Waals surface area contributed by atoms with Crippen molar-refractivity contribution in [1.82, 2.24) is 0 Å². The van der Waals surface area contributed by atoms with Gasteiger partial charge < -0.3 is 15.2 Å². The van der Waals surface area contributed by atoms with Crippen LogP contribution in [0.5, 0.6) is 0 Å². The van der Waals surface area contributed by atoms with Crippen LogP contribution in [0.2, 0.25) is 0 Å². The molecule has 0 bridgehead atoms. The van der Waals surface area contributed by atoms with Gasteiger partial charge in [-0.05, 0) is 38.1 Å². The van der Waals surface area contributed by atoms with Crippen molar-refractivity contribution in [1.29, 1.82) is 0 Å². The summed E-state index contributed by atoms with van der Waals surface area (Å²) in [5, 5.41) is 14.1. The Morgan fingerprint density at radius 2 is 1.91 bits per heavy atom. The van der Waals surface area contributed by atoms with Crippen LogP contribution in [0.4, 0.5) is 5.00 Å². The van der Waals surface area contributed by atoms with Gasteiger partial charge in [0.2, 0.25) is 5.91 Å². The predicted octanol–water partition coefficient (Wildman–Crippen LogP) is 3.14. The number of carbonyl (C=O) groups is 3. The molecule has 126 valence electrons. The second-order valence-electron chi connectivity index (χ2n) is 5.94. The lowest BCUT2D eigenvalue weighted by Crippen LogP contribution is -2.36. The number of esters is 1. The van der Waals surface area contributed by atoms with Gasteiger partial charge in [-0.15, -0.1) is 11.3 Å². The van der Waals surface area contributed by atoms with Gasteiger partial charge in [0.1, 0.15) is 5.00 Å². The number of hydrogen-bond acceptors (Lipinski definition) is 5. The molecule has 2 rings (SSSR count). The molecule has 0 radical (unpaired) electrons. The summed E-state index contributed by atoms with van der Waals surface area (Å²) in [4.78, 5) is 35.8. The number of carboxylic acids is 1. The summed E-state index contributed by atoms with van der Waals surface area (Å²) < 4.78 is 5.14. The molecule has 2 atom stereocenters. The maximum absolute atomic E-state index is 12.5. The summed E-state index contributed by atoms with van der Waals surface area (Å²) in [6.07, 6.45) is 2.49. The summed E-state index contributed by atoms with van der Waals surface area (Å²) in [6, 6.07) is 1.60. The van der Waals surface area contributed by atoms with Crippen molar-refractivity contribution in [3.8, 4) is 0 Å². The van der Waals surface area contributed by atoms with Gasteiger partial charge in [-0.1, -0.05) is 12.8 Å². The molecular weight excluding hydrogens is 318 g/mol. The lowest BCUT2D eigenvalue weighted by Gasteiger charge is -2.27. The molecule has 6 nitrogen and oxygen atoms in total. The lowest BCUT2D eigenvalue weighted by atomic mass is 9.79. The van der Waals surface area contributed by atoms with Gasteiger partial charge >= 0.3 is 11.9 Å². The zero-order chi connectivity index (χ0) is 17.0. The Balaban J connectivity index is 2.10. The number of rotatable bonds is 5. The van der Waals surface area contributed by atoms with Gasteiger partial charge in [-0.2, -0.15) is 0 Å². The van der Waals surface area contributed by atoms with Gasteiger partial charge in [0.25, 0.3) is 0 Å². The summed E-state index contributed by atoms with van der Waals surface area (Å²) >= 11 is 1.23. The third-order valence-corrected chi connectivity index (χ3v) is 4.71. The number of thiophene rings is 1. The first-order chi connectivity index (χ1) is 10.9. The smallest absolute Gasteiger partial charge is 0.341 e. The molecule has 0 unspecified atom stereocenters. The molecule has 1 aromatic heterocycles. The summed E-state index contributed by atoms with van der Waals surface area (Å²) in [6.45, 7) is 3.50. The first-order valence-electron chi connectivity index (χ1n) is 7.72. The second-order valence-corrected chi connectivity index (χ2v) is 6.86. The van der Waals surface area contributed by atoms with Gasteiger partial charge in [-0.3, -0.25) is 9.59 Å². The molecule has 1 fully saturated rings. The predicted molar refractivity (Wildman–Crippen MR) is 86.6 cm³/mol. The first-order valence-corrected chi connectivity index (χ1v) is 8.60. The number of carbonyl (C=O) groups excluding carboxylic acids is 2. The minimum atomic E-state index is -0.935. The van der Waals surface area contributed by atoms with Crippen LogP contribution in [-0.2, 0) is 14.3 Å². The lowest BCUT2D eigenvalue weighted by molar-refractivity contribution is -0.147. The van der Waals surface area contributed by atoms with E-state index in [-0.39, 0.29) is 12.0 Å². The third-order valence-electron chi connectivity index (χ3n) is 3.88. The average Bonchev–Trinajstić information content (AvgIpc) is 2.94. The standard InChI is InChI=1S/C16H21NO5S/c1-9(2)22-16(21)12-7-8-23-14(12)17-13(18)10-5-3-4-6-11(10)15(19)20/h7-11H,3-6H2,1-2H3,(H,17,18)(H,19,20)/t10-,11-/m0/s1. The Kier molecular flexibility index (Phi) is 5.76. The van der Waals surface area contributed by atoms with E-state index in [0.29, 0.717) is 23.4 Å². The Morgan fingerprint density at radius 3 is 2.52 bits per heavy atom. The quantitative estimate of drug-likeness (QED) is 0.804. The number of anilines is 1. The zero-order valence-electron chi connectivity index (χ0n) is 13.2. The fourth-order valence-corrected chi connectivity index (χ4v) is 3.57. The molecule has 1 aliphatic carbocycles. The Morgan fingerprint density at radius 1 is 1.26 bits per heavy atom. The number of ether oxygens (including phenoxy) is 1. The van der Waals surface area contributed by atoms with Gasteiger partial charge in [0.15, 0.2) is 0 Å². The zero-order valence-corrected chi connectivity index (χ0v) is 14.0. The summed E-state index contributed by atoms with van der Waals surface area (Å²) in [5.41, 5.74) is 0.305. The topological polar surface area (TPSA) is 92.7 Å². The number of carboxylic acid groups (broad SMARTS) is 1. The molecule has 1 amide bonds. The van der Waals surface area contributed by atoms with E-state index in [0.717, 1.165) is 12.8 Å². The van der Waals surface area contributed by atoms with Crippen LogP contribution >= 0.6 is 11.3 Å². The highest BCUT2D eigenvalue weighted by atomic mass is 32.1. The molecule has 1 aliphatic rings. The third kappa shape index (κ3) is 4.31. The maximum atomic E-state index is 12.5. The molecule has 0 aliphatic heterocycles. The number of aliphatic carboxylic acids is 1. The van der Waals surface area contributed by atoms with Gasteiger partial charge in [0, 0.05) is 0 Å². The normalized spacial score (nSPS) is 21.0. The van der Waals surface area contributed by atoms with Crippen molar-refractivity contribution in [2.75, 3.05) is 5.32 Å². The van der Waals surface area contributed by atoms with Crippen molar-refractivity contribution in [3.63, 3.8) is 0 Å². The van der Waals surface area contributed by atoms with Crippen LogP contribution in [0, 0.1) is 11.8 Å². The minimum Gasteiger partial charge on any atom is -0.481 e. The van der Waals surface area contributed by atoms with Crippen LogP contribution in [0.1, 0.15) is 49.9 Å². The van der Waals surface area contributed by atoms with E-state index in [1.54, 1.807) is 25.3 Å². The highest BCUT2D eigenvalue weighted by Crippen LogP contribution is 2.32. The van der Waals surface area contributed by atoms with E-state index < -0.39 is 23.8 Å². The fourth-order valence-electron chi connectivity index (χ4n) is 2.79. The largest absolute Gasteiger partial charge is 0.481 e. The Labute approximate surface area is 138 Å². The molecule has 1 aromatic rings. The number of hydrogen-bond donors (Lipinski definition) is 2. The summed E-state index contributed by atoms with van der Waals surface area (Å²) in [7, 11) is 0. The average molecular weight is 339 g/mol. The molecule has 0 aromatic carbocycles. The molecule has 0 saturated heterocycles. The van der Waals surface area contributed by atoms with E-state index in [4.69, 9.17) is 4.74 Å². The van der Waals surface area contributed by atoms with Crippen molar-refractivity contribution in [2.24, 2.45) is 11.8 Å². The molecule has 2 N–H and O–H groups in total. The van der Waals surface area contributed by atoms with E-state index >= 15 is 0 Å². The highest BCUT2D eigenvalue weighted by Gasteiger charge is 2.36. The van der Waals surface area contributed by atoms with Crippen LogP contribution in [0.25, 0.3) is 0 Å². The number of nitrogens with one attached hydrogen (secondary N) is 1. The molecule has 1 saturated carbocycles. The van der Waals surface area contributed by atoms with Gasteiger partial charge in [0.05, 0.1) is 23.5 Å². The monoisotopic (exact) mass is 339 g/mol. The number of amides is 1. The van der Waals surface area contributed by atoms with E-state index in [1.165, 1.54) is 11.3 Å². The summed E-state index contributed by atoms with van der Waals surface area (Å²) in [5.74, 6) is -2.98. The minimum absolute atomic E-state index is 0.249. The molecule has 0 spiro atoms. The van der Waals surface area contributed by atoms with Crippen molar-refractivity contribution < 1.29 is 24.2 Å². The van der Waals surface area contributed by atoms with E-state index in [9.17, 15) is 19.5 Å². The van der Waals surface area contributed by atoms with Crippen LogP contribution in [0.15, 0.2) is 11.4 Å². The van der Waals surface area contributed by atoms with Gasteiger partial charge in [-0.25, -0.2) is 4.79 Å². The maximum Gasteiger partial charge on any atom is 0.341 e. The fraction of sp³-hybridized carbons (Fsp3) is 0.562. The van der Waals surface area contributed by atoms with Crippen molar-refractivity contribution in [3.05, 3.63) is 17.0 Å². The highest BCUT2D eigenvalue weighted by molar-refractivity contribution is 7.14. The second kappa shape index (κ2) is 7.59. The Bertz CT molecular complexity index is 595.